The zero-order valence-electron chi connectivity index (χ0n) is 13.2. The Morgan fingerprint density at radius 2 is 1.81 bits per heavy atom. The molecule has 0 saturated heterocycles. The molecule has 0 aliphatic rings. The topological polar surface area (TPSA) is 21.3 Å². The van der Waals surface area contributed by atoms with Crippen LogP contribution < -0.4 is 5.32 Å². The molecule has 1 N–H and O–H groups in total. The Labute approximate surface area is 128 Å². The molecule has 2 nitrogen and oxygen atoms in total. The highest BCUT2D eigenvalue weighted by Gasteiger charge is 2.07. The Morgan fingerprint density at radius 3 is 2.43 bits per heavy atom. The van der Waals surface area contributed by atoms with Gasteiger partial charge in [-0.3, -0.25) is 0 Å². The van der Waals surface area contributed by atoms with Crippen molar-refractivity contribution in [3.63, 3.8) is 0 Å². The van der Waals surface area contributed by atoms with Crippen LogP contribution >= 0.6 is 0 Å². The Hall–Kier alpha value is -1.64. The van der Waals surface area contributed by atoms with Gasteiger partial charge in [0.1, 0.15) is 0 Å². The Bertz CT molecular complexity index is 544. The third kappa shape index (κ3) is 4.16. The summed E-state index contributed by atoms with van der Waals surface area (Å²) in [6, 6.07) is 18.0. The molecule has 0 saturated carbocycles. The van der Waals surface area contributed by atoms with Gasteiger partial charge in [0.25, 0.3) is 0 Å². The molecule has 0 radical (unpaired) electrons. The van der Waals surface area contributed by atoms with Gasteiger partial charge in [-0.15, -0.1) is 0 Å². The fourth-order valence-corrected chi connectivity index (χ4v) is 2.63. The van der Waals surface area contributed by atoms with Crippen molar-refractivity contribution in [2.45, 2.75) is 25.8 Å². The van der Waals surface area contributed by atoms with Crippen LogP contribution in [0, 0.1) is 0 Å². The SMILES string of the molecule is CCC(NC)c1cccc(-c2ccc(CCOC)cc2)c1. The van der Waals surface area contributed by atoms with E-state index >= 15 is 0 Å². The van der Waals surface area contributed by atoms with E-state index in [1.54, 1.807) is 7.11 Å². The summed E-state index contributed by atoms with van der Waals surface area (Å²) in [5, 5.41) is 3.37. The maximum absolute atomic E-state index is 5.12. The molecule has 0 spiro atoms. The van der Waals surface area contributed by atoms with Crippen molar-refractivity contribution >= 4 is 0 Å². The molecule has 1 atom stereocenters. The summed E-state index contributed by atoms with van der Waals surface area (Å²) in [5.41, 5.74) is 5.21. The van der Waals surface area contributed by atoms with Gasteiger partial charge in [-0.2, -0.15) is 0 Å². The number of hydrogen-bond donors (Lipinski definition) is 1. The first-order valence-corrected chi connectivity index (χ1v) is 7.64. The smallest absolute Gasteiger partial charge is 0.0502 e. The van der Waals surface area contributed by atoms with Crippen molar-refractivity contribution in [2.75, 3.05) is 20.8 Å². The first-order valence-electron chi connectivity index (χ1n) is 7.64. The molecule has 2 aromatic rings. The second-order valence-electron chi connectivity index (χ2n) is 5.31. The first kappa shape index (κ1) is 15.7. The van der Waals surface area contributed by atoms with E-state index in [1.165, 1.54) is 22.3 Å². The summed E-state index contributed by atoms with van der Waals surface area (Å²) in [6.45, 7) is 2.98. The van der Waals surface area contributed by atoms with Gasteiger partial charge in [0.2, 0.25) is 0 Å². The molecule has 0 aromatic heterocycles. The standard InChI is InChI=1S/C19H25NO/c1-4-19(20-2)18-7-5-6-17(14-18)16-10-8-15(9-11-16)12-13-21-3/h5-11,14,19-20H,4,12-13H2,1-3H3. The second-order valence-corrected chi connectivity index (χ2v) is 5.31. The number of ether oxygens (including phenoxy) is 1. The van der Waals surface area contributed by atoms with Crippen LogP contribution in [0.4, 0.5) is 0 Å². The molecule has 2 heteroatoms. The van der Waals surface area contributed by atoms with E-state index in [4.69, 9.17) is 4.74 Å². The number of benzene rings is 2. The monoisotopic (exact) mass is 283 g/mol. The van der Waals surface area contributed by atoms with Crippen LogP contribution in [0.1, 0.15) is 30.5 Å². The summed E-state index contributed by atoms with van der Waals surface area (Å²) in [5.74, 6) is 0. The van der Waals surface area contributed by atoms with Gasteiger partial charge in [0.05, 0.1) is 6.61 Å². The van der Waals surface area contributed by atoms with Gasteiger partial charge in [0, 0.05) is 13.2 Å². The third-order valence-electron chi connectivity index (χ3n) is 3.93. The summed E-state index contributed by atoms with van der Waals surface area (Å²) < 4.78 is 5.12. The number of nitrogens with one attached hydrogen (secondary N) is 1. The van der Waals surface area contributed by atoms with Gasteiger partial charge in [-0.05, 0) is 48.2 Å². The van der Waals surface area contributed by atoms with Gasteiger partial charge in [-0.25, -0.2) is 0 Å². The van der Waals surface area contributed by atoms with E-state index in [2.05, 4.69) is 60.8 Å². The molecular weight excluding hydrogens is 258 g/mol. The Balaban J connectivity index is 2.19. The maximum Gasteiger partial charge on any atom is 0.0502 e. The van der Waals surface area contributed by atoms with E-state index < -0.39 is 0 Å². The largest absolute Gasteiger partial charge is 0.384 e. The summed E-state index contributed by atoms with van der Waals surface area (Å²) in [4.78, 5) is 0. The van der Waals surface area contributed by atoms with Crippen LogP contribution in [-0.2, 0) is 11.2 Å². The molecule has 0 aliphatic heterocycles. The lowest BCUT2D eigenvalue weighted by Crippen LogP contribution is -2.15. The fourth-order valence-electron chi connectivity index (χ4n) is 2.63. The molecule has 0 amide bonds. The minimum atomic E-state index is 0.422. The molecule has 2 aromatic carbocycles. The number of rotatable bonds is 7. The average molecular weight is 283 g/mol. The molecule has 0 aliphatic carbocycles. The lowest BCUT2D eigenvalue weighted by atomic mass is 9.97. The second kappa shape index (κ2) is 7.96. The van der Waals surface area contributed by atoms with Gasteiger partial charge >= 0.3 is 0 Å². The van der Waals surface area contributed by atoms with E-state index in [0.29, 0.717) is 6.04 Å². The highest BCUT2D eigenvalue weighted by Crippen LogP contribution is 2.25. The average Bonchev–Trinajstić information content (AvgIpc) is 2.55. The molecule has 112 valence electrons. The maximum atomic E-state index is 5.12. The van der Waals surface area contributed by atoms with E-state index in [0.717, 1.165) is 19.4 Å². The first-order chi connectivity index (χ1) is 10.3. The lowest BCUT2D eigenvalue weighted by Gasteiger charge is -2.15. The number of hydrogen-bond acceptors (Lipinski definition) is 2. The quantitative estimate of drug-likeness (QED) is 0.821. The van der Waals surface area contributed by atoms with Gasteiger partial charge in [-0.1, -0.05) is 49.4 Å². The van der Waals surface area contributed by atoms with E-state index in [1.807, 2.05) is 7.05 Å². The van der Waals surface area contributed by atoms with E-state index in [-0.39, 0.29) is 0 Å². The van der Waals surface area contributed by atoms with Crippen molar-refractivity contribution in [3.05, 3.63) is 59.7 Å². The summed E-state index contributed by atoms with van der Waals surface area (Å²) in [7, 11) is 3.76. The molecular formula is C19H25NO. The summed E-state index contributed by atoms with van der Waals surface area (Å²) >= 11 is 0. The van der Waals surface area contributed by atoms with Crippen molar-refractivity contribution in [3.8, 4) is 11.1 Å². The molecule has 0 heterocycles. The summed E-state index contributed by atoms with van der Waals surface area (Å²) in [6.07, 6.45) is 2.06. The predicted molar refractivity (Wildman–Crippen MR) is 89.5 cm³/mol. The lowest BCUT2D eigenvalue weighted by molar-refractivity contribution is 0.202. The normalized spacial score (nSPS) is 12.3. The molecule has 21 heavy (non-hydrogen) atoms. The van der Waals surface area contributed by atoms with Crippen LogP contribution in [0.5, 0.6) is 0 Å². The van der Waals surface area contributed by atoms with E-state index in [9.17, 15) is 0 Å². The van der Waals surface area contributed by atoms with Crippen LogP contribution in [0.2, 0.25) is 0 Å². The molecule has 0 fully saturated rings. The van der Waals surface area contributed by atoms with Crippen LogP contribution in [0.15, 0.2) is 48.5 Å². The third-order valence-corrected chi connectivity index (χ3v) is 3.93. The Morgan fingerprint density at radius 1 is 1.05 bits per heavy atom. The van der Waals surface area contributed by atoms with Crippen molar-refractivity contribution < 1.29 is 4.74 Å². The van der Waals surface area contributed by atoms with Crippen LogP contribution in [0.3, 0.4) is 0 Å². The predicted octanol–water partition coefficient (Wildman–Crippen LogP) is 4.21. The zero-order valence-corrected chi connectivity index (χ0v) is 13.2. The zero-order chi connectivity index (χ0) is 15.1. The van der Waals surface area contributed by atoms with Crippen LogP contribution in [0.25, 0.3) is 11.1 Å². The molecule has 2 rings (SSSR count). The Kier molecular flexibility index (Phi) is 5.97. The van der Waals surface area contributed by atoms with Crippen molar-refractivity contribution in [2.24, 2.45) is 0 Å². The van der Waals surface area contributed by atoms with Crippen LogP contribution in [-0.4, -0.2) is 20.8 Å². The molecule has 1 unspecified atom stereocenters. The van der Waals surface area contributed by atoms with Crippen molar-refractivity contribution in [1.82, 2.24) is 5.32 Å². The van der Waals surface area contributed by atoms with Gasteiger partial charge in [0.15, 0.2) is 0 Å². The molecule has 0 bridgehead atoms. The number of methoxy groups -OCH3 is 1. The van der Waals surface area contributed by atoms with Crippen molar-refractivity contribution in [1.29, 1.82) is 0 Å². The minimum Gasteiger partial charge on any atom is -0.384 e. The minimum absolute atomic E-state index is 0.422. The fraction of sp³-hybridized carbons (Fsp3) is 0.368. The highest BCUT2D eigenvalue weighted by molar-refractivity contribution is 5.64. The highest BCUT2D eigenvalue weighted by atomic mass is 16.5. The van der Waals surface area contributed by atoms with Gasteiger partial charge < -0.3 is 10.1 Å².